The highest BCUT2D eigenvalue weighted by molar-refractivity contribution is 5.79. The van der Waals surface area contributed by atoms with E-state index in [1.54, 1.807) is 6.07 Å². The minimum atomic E-state index is -1.27. The van der Waals surface area contributed by atoms with E-state index < -0.39 is 35.8 Å². The van der Waals surface area contributed by atoms with Gasteiger partial charge in [-0.25, -0.2) is 18.1 Å². The second-order valence-corrected chi connectivity index (χ2v) is 6.72. The molecule has 29 heavy (non-hydrogen) atoms. The number of rotatable bonds is 3. The molecule has 0 aromatic heterocycles. The lowest BCUT2D eigenvalue weighted by molar-refractivity contribution is -0.126. The summed E-state index contributed by atoms with van der Waals surface area (Å²) < 4.78 is 47.0. The number of nitrogens with zero attached hydrogens (tertiary/aromatic N) is 2. The molecule has 2 aliphatic rings. The van der Waals surface area contributed by atoms with Crippen molar-refractivity contribution in [1.29, 1.82) is 5.26 Å². The number of ether oxygens (including phenoxy) is 1. The molecule has 2 aliphatic heterocycles. The number of fused-ring (bicyclic) bond motifs is 2. The zero-order valence-electron chi connectivity index (χ0n) is 14.9. The first-order chi connectivity index (χ1) is 13.9. The van der Waals surface area contributed by atoms with E-state index >= 15 is 0 Å². The van der Waals surface area contributed by atoms with Gasteiger partial charge in [-0.15, -0.1) is 0 Å². The van der Waals surface area contributed by atoms with Gasteiger partial charge < -0.3 is 20.5 Å². The molecule has 2 aromatic carbocycles. The number of aliphatic hydroxyl groups excluding tert-OH is 1. The lowest BCUT2D eigenvalue weighted by Gasteiger charge is -2.34. The average molecular weight is 404 g/mol. The molecule has 150 valence electrons. The van der Waals surface area contributed by atoms with Gasteiger partial charge in [-0.3, -0.25) is 4.79 Å². The van der Waals surface area contributed by atoms with Gasteiger partial charge in [-0.05, 0) is 12.1 Å². The molecule has 2 atom stereocenters. The average Bonchev–Trinajstić information content (AvgIpc) is 3.06. The molecule has 0 spiro atoms. The fourth-order valence-electron chi connectivity index (χ4n) is 3.47. The van der Waals surface area contributed by atoms with E-state index in [-0.39, 0.29) is 42.1 Å². The number of halogens is 3. The number of hydrogen-bond donors (Lipinski definition) is 3. The smallest absolute Gasteiger partial charge is 0.234 e. The third kappa shape index (κ3) is 3.46. The summed E-state index contributed by atoms with van der Waals surface area (Å²) in [5.74, 6) is -2.89. The molecular formula is C19H15F3N4O3. The van der Waals surface area contributed by atoms with E-state index in [2.05, 4.69) is 10.6 Å². The molecule has 0 saturated carbocycles. The van der Waals surface area contributed by atoms with Crippen molar-refractivity contribution < 1.29 is 27.8 Å². The number of hydrogen-bond acceptors (Lipinski definition) is 6. The summed E-state index contributed by atoms with van der Waals surface area (Å²) in [7, 11) is 0. The van der Waals surface area contributed by atoms with Crippen molar-refractivity contribution in [3.05, 3.63) is 58.4 Å². The third-order valence-electron chi connectivity index (χ3n) is 4.85. The molecule has 0 radical (unpaired) electrons. The maximum atomic E-state index is 14.4. The zero-order valence-corrected chi connectivity index (χ0v) is 14.9. The fraction of sp³-hybridized carbons (Fsp3) is 0.263. The molecule has 2 aromatic rings. The minimum Gasteiger partial charge on any atom is -0.490 e. The van der Waals surface area contributed by atoms with Crippen LogP contribution in [0.2, 0.25) is 0 Å². The summed E-state index contributed by atoms with van der Waals surface area (Å²) in [5.41, 5.74) is 0.381. The van der Waals surface area contributed by atoms with Gasteiger partial charge in [0.2, 0.25) is 5.91 Å². The van der Waals surface area contributed by atoms with Crippen LogP contribution in [0.4, 0.5) is 18.9 Å². The topological polar surface area (TPSA) is 97.6 Å². The Hall–Kier alpha value is -3.29. The molecule has 1 unspecified atom stereocenters. The van der Waals surface area contributed by atoms with Crippen molar-refractivity contribution in [1.82, 2.24) is 10.2 Å². The number of amides is 1. The van der Waals surface area contributed by atoms with Gasteiger partial charge in [0.15, 0.2) is 6.35 Å². The van der Waals surface area contributed by atoms with Crippen LogP contribution in [0, 0.1) is 28.8 Å². The van der Waals surface area contributed by atoms with Gasteiger partial charge in [-0.1, -0.05) is 0 Å². The summed E-state index contributed by atoms with van der Waals surface area (Å²) >= 11 is 0. The molecule has 0 bridgehead atoms. The van der Waals surface area contributed by atoms with Crippen LogP contribution in [0.25, 0.3) is 0 Å². The number of benzene rings is 2. The van der Waals surface area contributed by atoms with Gasteiger partial charge in [0.1, 0.15) is 35.9 Å². The molecule has 0 fully saturated rings. The quantitative estimate of drug-likeness (QED) is 0.721. The van der Waals surface area contributed by atoms with E-state index in [1.165, 1.54) is 17.0 Å². The Balaban J connectivity index is 1.47. The summed E-state index contributed by atoms with van der Waals surface area (Å²) in [4.78, 5) is 13.7. The van der Waals surface area contributed by atoms with E-state index in [0.717, 1.165) is 6.07 Å². The first kappa shape index (κ1) is 19.0. The maximum Gasteiger partial charge on any atom is 0.234 e. The standard InChI is InChI=1S/C19H15F3N4O3/c20-10-3-12(21)17-14(8-29-15(17)4-10)24-16(27)7-26-6-11-13(25-19(26)28)2-1-9(5-23)18(11)22/h1-4,14,19,25,28H,6-8H2,(H,24,27)/t14-,19?/m0/s1. The first-order valence-corrected chi connectivity index (χ1v) is 8.68. The Labute approximate surface area is 163 Å². The van der Waals surface area contributed by atoms with E-state index in [1.807, 2.05) is 0 Å². The molecule has 0 aliphatic carbocycles. The number of anilines is 1. The Kier molecular flexibility index (Phi) is 4.77. The van der Waals surface area contributed by atoms with Crippen LogP contribution in [-0.2, 0) is 11.3 Å². The zero-order chi connectivity index (χ0) is 20.7. The van der Waals surface area contributed by atoms with Crippen molar-refractivity contribution in [3.63, 3.8) is 0 Å². The highest BCUT2D eigenvalue weighted by atomic mass is 19.1. The number of carbonyl (C=O) groups is 1. The predicted molar refractivity (Wildman–Crippen MR) is 93.9 cm³/mol. The number of carbonyl (C=O) groups excluding carboxylic acids is 1. The second kappa shape index (κ2) is 7.27. The molecule has 3 N–H and O–H groups in total. The highest BCUT2D eigenvalue weighted by Gasteiger charge is 2.32. The van der Waals surface area contributed by atoms with Crippen LogP contribution in [0.1, 0.15) is 22.7 Å². The minimum absolute atomic E-state index is 0.0208. The van der Waals surface area contributed by atoms with Crippen LogP contribution in [-0.4, -0.2) is 35.4 Å². The normalized spacial score (nSPS) is 20.1. The Morgan fingerprint density at radius 2 is 2.17 bits per heavy atom. The van der Waals surface area contributed by atoms with Gasteiger partial charge in [-0.2, -0.15) is 5.26 Å². The van der Waals surface area contributed by atoms with Crippen molar-refractivity contribution in [2.24, 2.45) is 0 Å². The Morgan fingerprint density at radius 1 is 1.38 bits per heavy atom. The van der Waals surface area contributed by atoms with E-state index in [4.69, 9.17) is 10.00 Å². The molecular weight excluding hydrogens is 389 g/mol. The maximum absolute atomic E-state index is 14.4. The predicted octanol–water partition coefficient (Wildman–Crippen LogP) is 1.73. The lowest BCUT2D eigenvalue weighted by Crippen LogP contribution is -2.49. The molecule has 4 rings (SSSR count). The highest BCUT2D eigenvalue weighted by Crippen LogP contribution is 2.35. The van der Waals surface area contributed by atoms with Crippen LogP contribution < -0.4 is 15.4 Å². The van der Waals surface area contributed by atoms with Gasteiger partial charge in [0.25, 0.3) is 0 Å². The fourth-order valence-corrected chi connectivity index (χ4v) is 3.47. The largest absolute Gasteiger partial charge is 0.490 e. The van der Waals surface area contributed by atoms with Crippen molar-refractivity contribution in [2.75, 3.05) is 18.5 Å². The second-order valence-electron chi connectivity index (χ2n) is 6.72. The van der Waals surface area contributed by atoms with Crippen LogP contribution >= 0.6 is 0 Å². The number of aliphatic hydroxyl groups is 1. The Bertz CT molecular complexity index is 1040. The molecule has 0 saturated heterocycles. The van der Waals surface area contributed by atoms with E-state index in [0.29, 0.717) is 11.8 Å². The number of nitrogens with one attached hydrogen (secondary N) is 2. The van der Waals surface area contributed by atoms with Crippen LogP contribution in [0.3, 0.4) is 0 Å². The lowest BCUT2D eigenvalue weighted by atomic mass is 10.1. The van der Waals surface area contributed by atoms with Crippen molar-refractivity contribution >= 4 is 11.6 Å². The van der Waals surface area contributed by atoms with Crippen molar-refractivity contribution in [2.45, 2.75) is 18.9 Å². The van der Waals surface area contributed by atoms with Gasteiger partial charge in [0, 0.05) is 29.9 Å². The summed E-state index contributed by atoms with van der Waals surface area (Å²) in [6.45, 7) is -0.515. The third-order valence-corrected chi connectivity index (χ3v) is 4.85. The Morgan fingerprint density at radius 3 is 2.93 bits per heavy atom. The van der Waals surface area contributed by atoms with E-state index in [9.17, 15) is 23.1 Å². The molecule has 10 heteroatoms. The number of nitriles is 1. The first-order valence-electron chi connectivity index (χ1n) is 8.68. The molecule has 1 amide bonds. The summed E-state index contributed by atoms with van der Waals surface area (Å²) in [5, 5.41) is 24.4. The summed E-state index contributed by atoms with van der Waals surface area (Å²) in [6, 6.07) is 5.44. The van der Waals surface area contributed by atoms with Crippen LogP contribution in [0.5, 0.6) is 5.75 Å². The summed E-state index contributed by atoms with van der Waals surface area (Å²) in [6.07, 6.45) is -1.27. The molecule has 7 nitrogen and oxygen atoms in total. The molecule has 2 heterocycles. The van der Waals surface area contributed by atoms with Crippen LogP contribution in [0.15, 0.2) is 24.3 Å². The van der Waals surface area contributed by atoms with Gasteiger partial charge >= 0.3 is 0 Å². The van der Waals surface area contributed by atoms with Crippen molar-refractivity contribution in [3.8, 4) is 11.8 Å². The monoisotopic (exact) mass is 404 g/mol. The van der Waals surface area contributed by atoms with Gasteiger partial charge in [0.05, 0.1) is 23.7 Å². The SMILES string of the molecule is N#Cc1ccc2c(c1F)CN(CC(=O)N[C@H]1COc3cc(F)cc(F)c31)C(O)N2.